The van der Waals surface area contributed by atoms with Crippen molar-refractivity contribution in [3.05, 3.63) is 34.6 Å². The van der Waals surface area contributed by atoms with Crippen LogP contribution >= 0.6 is 15.9 Å². The standard InChI is InChI=1S/C14H15BrN4/c15-11-7-5-10(6-8-11)13-17-12(18-14(16)19-13)9-3-1-2-4-9/h5-9H,1-4H2,(H2,16,17,18,19). The van der Waals surface area contributed by atoms with Gasteiger partial charge in [-0.2, -0.15) is 9.97 Å². The van der Waals surface area contributed by atoms with Crippen molar-refractivity contribution >= 4 is 21.9 Å². The number of anilines is 1. The summed E-state index contributed by atoms with van der Waals surface area (Å²) >= 11 is 3.42. The van der Waals surface area contributed by atoms with E-state index in [1.54, 1.807) is 0 Å². The summed E-state index contributed by atoms with van der Waals surface area (Å²) in [5.41, 5.74) is 6.79. The lowest BCUT2D eigenvalue weighted by Gasteiger charge is -2.09. The molecule has 98 valence electrons. The first kappa shape index (κ1) is 12.5. The number of hydrogen-bond donors (Lipinski definition) is 1. The molecule has 0 spiro atoms. The third-order valence-corrected chi connectivity index (χ3v) is 4.02. The summed E-state index contributed by atoms with van der Waals surface area (Å²) in [5.74, 6) is 2.28. The Morgan fingerprint density at radius 3 is 2.37 bits per heavy atom. The Morgan fingerprint density at radius 1 is 1.00 bits per heavy atom. The van der Waals surface area contributed by atoms with Gasteiger partial charge in [0, 0.05) is 16.0 Å². The van der Waals surface area contributed by atoms with Crippen LogP contribution in [-0.4, -0.2) is 15.0 Å². The second kappa shape index (κ2) is 5.25. The zero-order chi connectivity index (χ0) is 13.2. The molecule has 0 bridgehead atoms. The highest BCUT2D eigenvalue weighted by molar-refractivity contribution is 9.10. The minimum atomic E-state index is 0.315. The average Bonchev–Trinajstić information content (AvgIpc) is 2.93. The van der Waals surface area contributed by atoms with Crippen molar-refractivity contribution in [1.82, 2.24) is 15.0 Å². The lowest BCUT2D eigenvalue weighted by Crippen LogP contribution is -2.07. The van der Waals surface area contributed by atoms with Gasteiger partial charge in [-0.05, 0) is 25.0 Å². The number of aromatic nitrogens is 3. The van der Waals surface area contributed by atoms with E-state index in [-0.39, 0.29) is 0 Å². The third kappa shape index (κ3) is 2.76. The van der Waals surface area contributed by atoms with Crippen LogP contribution in [0.25, 0.3) is 11.4 Å². The first-order chi connectivity index (χ1) is 9.22. The molecule has 0 saturated heterocycles. The largest absolute Gasteiger partial charge is 0.368 e. The summed E-state index contributed by atoms with van der Waals surface area (Å²) in [5, 5.41) is 0. The summed E-state index contributed by atoms with van der Waals surface area (Å²) in [6.07, 6.45) is 4.82. The Bertz CT molecular complexity index is 576. The Labute approximate surface area is 120 Å². The molecule has 2 N–H and O–H groups in total. The number of nitrogens with zero attached hydrogens (tertiary/aromatic N) is 3. The fraction of sp³-hybridized carbons (Fsp3) is 0.357. The molecule has 5 heteroatoms. The highest BCUT2D eigenvalue weighted by Crippen LogP contribution is 2.33. The SMILES string of the molecule is Nc1nc(-c2ccc(Br)cc2)nc(C2CCCC2)n1. The van der Waals surface area contributed by atoms with E-state index in [2.05, 4.69) is 30.9 Å². The van der Waals surface area contributed by atoms with Crippen LogP contribution in [0.1, 0.15) is 37.4 Å². The zero-order valence-corrected chi connectivity index (χ0v) is 12.1. The van der Waals surface area contributed by atoms with Gasteiger partial charge in [0.2, 0.25) is 5.95 Å². The molecule has 1 saturated carbocycles. The maximum Gasteiger partial charge on any atom is 0.223 e. The van der Waals surface area contributed by atoms with Gasteiger partial charge in [-0.15, -0.1) is 0 Å². The molecule has 0 aliphatic heterocycles. The van der Waals surface area contributed by atoms with Gasteiger partial charge >= 0.3 is 0 Å². The van der Waals surface area contributed by atoms with Crippen LogP contribution in [0.15, 0.2) is 28.7 Å². The Balaban J connectivity index is 1.99. The molecule has 3 rings (SSSR count). The molecule has 1 heterocycles. The minimum absolute atomic E-state index is 0.315. The van der Waals surface area contributed by atoms with E-state index in [0.717, 1.165) is 28.7 Å². The Morgan fingerprint density at radius 2 is 1.68 bits per heavy atom. The van der Waals surface area contributed by atoms with E-state index in [1.165, 1.54) is 12.8 Å². The predicted molar refractivity (Wildman–Crippen MR) is 78.6 cm³/mol. The fourth-order valence-electron chi connectivity index (χ4n) is 2.50. The zero-order valence-electron chi connectivity index (χ0n) is 10.5. The van der Waals surface area contributed by atoms with Gasteiger partial charge < -0.3 is 5.73 Å². The molecule has 4 nitrogen and oxygen atoms in total. The fourth-order valence-corrected chi connectivity index (χ4v) is 2.77. The summed E-state index contributed by atoms with van der Waals surface area (Å²) in [4.78, 5) is 13.1. The summed E-state index contributed by atoms with van der Waals surface area (Å²) < 4.78 is 1.04. The molecule has 2 aromatic rings. The molecule has 19 heavy (non-hydrogen) atoms. The highest BCUT2D eigenvalue weighted by atomic mass is 79.9. The number of halogens is 1. The molecular formula is C14H15BrN4. The lowest BCUT2D eigenvalue weighted by atomic mass is 10.1. The minimum Gasteiger partial charge on any atom is -0.368 e. The van der Waals surface area contributed by atoms with E-state index >= 15 is 0 Å². The smallest absolute Gasteiger partial charge is 0.223 e. The number of nitrogens with two attached hydrogens (primary N) is 1. The van der Waals surface area contributed by atoms with Gasteiger partial charge in [-0.3, -0.25) is 0 Å². The van der Waals surface area contributed by atoms with Gasteiger partial charge in [0.05, 0.1) is 0 Å². The molecule has 0 unspecified atom stereocenters. The molecule has 1 aliphatic carbocycles. The van der Waals surface area contributed by atoms with Gasteiger partial charge in [0.25, 0.3) is 0 Å². The predicted octanol–water partition coefficient (Wildman–Crippen LogP) is 3.54. The normalized spacial score (nSPS) is 15.8. The van der Waals surface area contributed by atoms with Crippen LogP contribution in [0.5, 0.6) is 0 Å². The topological polar surface area (TPSA) is 64.7 Å². The van der Waals surface area contributed by atoms with Crippen LogP contribution in [0.3, 0.4) is 0 Å². The van der Waals surface area contributed by atoms with Gasteiger partial charge in [-0.25, -0.2) is 4.98 Å². The summed E-state index contributed by atoms with van der Waals surface area (Å²) in [7, 11) is 0. The van der Waals surface area contributed by atoms with E-state index in [4.69, 9.17) is 5.73 Å². The van der Waals surface area contributed by atoms with Gasteiger partial charge in [-0.1, -0.05) is 40.9 Å². The Kier molecular flexibility index (Phi) is 3.46. The van der Waals surface area contributed by atoms with Crippen molar-refractivity contribution in [3.63, 3.8) is 0 Å². The van der Waals surface area contributed by atoms with Crippen molar-refractivity contribution in [3.8, 4) is 11.4 Å². The van der Waals surface area contributed by atoms with Gasteiger partial charge in [0.1, 0.15) is 5.82 Å². The molecule has 0 radical (unpaired) electrons. The quantitative estimate of drug-likeness (QED) is 0.919. The molecule has 1 fully saturated rings. The molecular weight excluding hydrogens is 304 g/mol. The summed E-state index contributed by atoms with van der Waals surface area (Å²) in [6, 6.07) is 7.92. The van der Waals surface area contributed by atoms with Crippen molar-refractivity contribution in [1.29, 1.82) is 0 Å². The van der Waals surface area contributed by atoms with E-state index in [0.29, 0.717) is 17.7 Å². The summed E-state index contributed by atoms with van der Waals surface area (Å²) in [6.45, 7) is 0. The van der Waals surface area contributed by atoms with Crippen LogP contribution in [0.2, 0.25) is 0 Å². The monoisotopic (exact) mass is 318 g/mol. The number of nitrogen functional groups attached to an aromatic ring is 1. The lowest BCUT2D eigenvalue weighted by molar-refractivity contribution is 0.665. The van der Waals surface area contributed by atoms with E-state index < -0.39 is 0 Å². The number of benzene rings is 1. The average molecular weight is 319 g/mol. The van der Waals surface area contributed by atoms with Gasteiger partial charge in [0.15, 0.2) is 5.82 Å². The second-order valence-corrected chi connectivity index (χ2v) is 5.78. The van der Waals surface area contributed by atoms with Crippen molar-refractivity contribution < 1.29 is 0 Å². The van der Waals surface area contributed by atoms with Crippen LogP contribution in [0.4, 0.5) is 5.95 Å². The second-order valence-electron chi connectivity index (χ2n) is 4.86. The molecule has 0 atom stereocenters. The van der Waals surface area contributed by atoms with E-state index in [9.17, 15) is 0 Å². The molecule has 1 aliphatic rings. The van der Waals surface area contributed by atoms with Crippen molar-refractivity contribution in [2.75, 3.05) is 5.73 Å². The molecule has 1 aromatic carbocycles. The molecule has 0 amide bonds. The Hall–Kier alpha value is -1.49. The van der Waals surface area contributed by atoms with Crippen molar-refractivity contribution in [2.45, 2.75) is 31.6 Å². The maximum absolute atomic E-state index is 5.82. The van der Waals surface area contributed by atoms with Crippen LogP contribution in [-0.2, 0) is 0 Å². The highest BCUT2D eigenvalue weighted by Gasteiger charge is 2.21. The van der Waals surface area contributed by atoms with Crippen LogP contribution in [0, 0.1) is 0 Å². The maximum atomic E-state index is 5.82. The first-order valence-corrected chi connectivity index (χ1v) is 7.29. The van der Waals surface area contributed by atoms with E-state index in [1.807, 2.05) is 24.3 Å². The number of rotatable bonds is 2. The molecule has 1 aromatic heterocycles. The first-order valence-electron chi connectivity index (χ1n) is 6.50. The number of hydrogen-bond acceptors (Lipinski definition) is 4. The third-order valence-electron chi connectivity index (χ3n) is 3.49. The van der Waals surface area contributed by atoms with Crippen LogP contribution < -0.4 is 5.73 Å². The van der Waals surface area contributed by atoms with Crippen molar-refractivity contribution in [2.24, 2.45) is 0 Å².